The number of aromatic amines is 1. The van der Waals surface area contributed by atoms with Crippen LogP contribution in [0.5, 0.6) is 0 Å². The second kappa shape index (κ2) is 12.1. The molecule has 0 aliphatic rings. The third-order valence-corrected chi connectivity index (χ3v) is 5.10. The largest absolute Gasteiger partial charge is 0.465 e. The van der Waals surface area contributed by atoms with Crippen molar-refractivity contribution in [2.24, 2.45) is 17.6 Å². The maximum atomic E-state index is 12.1. The summed E-state index contributed by atoms with van der Waals surface area (Å²) in [5, 5.41) is 0. The van der Waals surface area contributed by atoms with E-state index in [2.05, 4.69) is 15.0 Å². The summed E-state index contributed by atoms with van der Waals surface area (Å²) in [7, 11) is 0. The lowest BCUT2D eigenvalue weighted by molar-refractivity contribution is -0.149. The fourth-order valence-corrected chi connectivity index (χ4v) is 3.07. The highest BCUT2D eigenvalue weighted by atomic mass is 16.5. The average molecular weight is 465 g/mol. The Morgan fingerprint density at radius 3 is 2.61 bits per heavy atom. The van der Waals surface area contributed by atoms with Gasteiger partial charge in [-0.05, 0) is 25.7 Å². The topological polar surface area (TPSA) is 185 Å². The number of nitrogens with zero attached hydrogens (tertiary/aromatic N) is 3. The molecule has 0 fully saturated rings. The first-order valence-corrected chi connectivity index (χ1v) is 10.9. The summed E-state index contributed by atoms with van der Waals surface area (Å²) < 4.78 is 12.3. The van der Waals surface area contributed by atoms with E-state index in [1.807, 2.05) is 13.8 Å². The van der Waals surface area contributed by atoms with Crippen LogP contribution < -0.4 is 17.0 Å². The fraction of sp³-hybridized carbons (Fsp3) is 0.619. The van der Waals surface area contributed by atoms with Crippen molar-refractivity contribution >= 4 is 34.8 Å². The number of fused-ring (bicyclic) bond motifs is 1. The van der Waals surface area contributed by atoms with E-state index >= 15 is 0 Å². The van der Waals surface area contributed by atoms with E-state index in [-0.39, 0.29) is 48.7 Å². The molecule has 0 aliphatic carbocycles. The van der Waals surface area contributed by atoms with E-state index < -0.39 is 23.5 Å². The number of aromatic nitrogens is 4. The summed E-state index contributed by atoms with van der Waals surface area (Å²) in [5.74, 6) is -1.29. The van der Waals surface area contributed by atoms with E-state index in [4.69, 9.17) is 20.9 Å². The van der Waals surface area contributed by atoms with Gasteiger partial charge in [0.05, 0.1) is 19.5 Å². The number of ether oxygens (including phenoxy) is 2. The molecule has 2 atom stereocenters. The number of ketones is 1. The Hall–Kier alpha value is -3.28. The van der Waals surface area contributed by atoms with Crippen LogP contribution in [0, 0.1) is 11.8 Å². The Labute approximate surface area is 191 Å². The van der Waals surface area contributed by atoms with Crippen LogP contribution in [0.1, 0.15) is 46.5 Å². The van der Waals surface area contributed by atoms with Gasteiger partial charge in [0.15, 0.2) is 11.2 Å². The van der Waals surface area contributed by atoms with Crippen LogP contribution in [0.2, 0.25) is 0 Å². The van der Waals surface area contributed by atoms with E-state index in [0.29, 0.717) is 31.5 Å². The first kappa shape index (κ1) is 26.0. The minimum atomic E-state index is -0.723. The van der Waals surface area contributed by atoms with Crippen molar-refractivity contribution in [3.63, 3.8) is 0 Å². The van der Waals surface area contributed by atoms with Gasteiger partial charge in [-0.1, -0.05) is 13.8 Å². The lowest BCUT2D eigenvalue weighted by atomic mass is 10.1. The molecule has 0 amide bonds. The van der Waals surface area contributed by atoms with Gasteiger partial charge in [0.1, 0.15) is 11.8 Å². The molecule has 2 aromatic heterocycles. The lowest BCUT2D eigenvalue weighted by Crippen LogP contribution is -2.37. The molecule has 2 rings (SSSR count). The third-order valence-electron chi connectivity index (χ3n) is 5.10. The number of Topliss-reactive ketones (excluding diaryl/α,β-unsaturated/α-hetero) is 1. The minimum Gasteiger partial charge on any atom is -0.465 e. The van der Waals surface area contributed by atoms with Gasteiger partial charge in [-0.25, -0.2) is 4.98 Å². The van der Waals surface area contributed by atoms with Gasteiger partial charge in [0.25, 0.3) is 5.56 Å². The van der Waals surface area contributed by atoms with Crippen molar-refractivity contribution in [3.05, 3.63) is 16.7 Å². The van der Waals surface area contributed by atoms with Crippen LogP contribution in [0.25, 0.3) is 11.2 Å². The molecule has 5 N–H and O–H groups in total. The van der Waals surface area contributed by atoms with E-state index in [0.717, 1.165) is 0 Å². The Kier molecular flexibility index (Phi) is 9.52. The fourth-order valence-electron chi connectivity index (χ4n) is 3.07. The zero-order chi connectivity index (χ0) is 24.5. The van der Waals surface area contributed by atoms with Crippen molar-refractivity contribution in [1.82, 2.24) is 19.5 Å². The van der Waals surface area contributed by atoms with Crippen molar-refractivity contribution in [1.29, 1.82) is 0 Å². The number of H-pyrrole nitrogens is 1. The second-order valence-corrected chi connectivity index (χ2v) is 8.35. The van der Waals surface area contributed by atoms with Gasteiger partial charge in [0.2, 0.25) is 5.95 Å². The molecule has 12 nitrogen and oxygen atoms in total. The molecule has 2 heterocycles. The van der Waals surface area contributed by atoms with Crippen molar-refractivity contribution < 1.29 is 23.9 Å². The number of imidazole rings is 1. The number of carbonyl (C=O) groups is 3. The highest BCUT2D eigenvalue weighted by Gasteiger charge is 2.21. The zero-order valence-corrected chi connectivity index (χ0v) is 19.2. The standard InChI is InChI=1S/C21H32N6O6/c1-12(2)16(22)20(31)32-8-7-14(10-33-15(29)6-4-5-13(3)28)9-27-11-24-17-18(27)25-21(23)26-19(17)30/h11-12,14,16H,4-10,22H2,1-3H3,(H3,23,25,26,30)/t14?,16-/m0/s1. The predicted octanol–water partition coefficient (Wildman–Crippen LogP) is 0.537. The van der Waals surface area contributed by atoms with E-state index in [1.165, 1.54) is 13.3 Å². The third kappa shape index (κ3) is 7.97. The predicted molar refractivity (Wildman–Crippen MR) is 120 cm³/mol. The summed E-state index contributed by atoms with van der Waals surface area (Å²) in [6.45, 7) is 5.53. The van der Waals surface area contributed by atoms with Gasteiger partial charge >= 0.3 is 11.9 Å². The number of rotatable bonds is 13. The Bertz CT molecular complexity index is 1030. The molecule has 0 spiro atoms. The second-order valence-electron chi connectivity index (χ2n) is 8.35. The Morgan fingerprint density at radius 2 is 1.94 bits per heavy atom. The number of carbonyl (C=O) groups excluding carboxylic acids is 3. The van der Waals surface area contributed by atoms with Crippen LogP contribution in [-0.4, -0.2) is 56.5 Å². The van der Waals surface area contributed by atoms with E-state index in [9.17, 15) is 19.2 Å². The van der Waals surface area contributed by atoms with Gasteiger partial charge in [-0.2, -0.15) is 4.98 Å². The molecule has 0 bridgehead atoms. The molecule has 2 aromatic rings. The summed E-state index contributed by atoms with van der Waals surface area (Å²) in [4.78, 5) is 57.7. The van der Waals surface area contributed by atoms with Gasteiger partial charge in [-0.15, -0.1) is 0 Å². The van der Waals surface area contributed by atoms with Crippen LogP contribution in [0.4, 0.5) is 5.95 Å². The molecule has 182 valence electrons. The normalized spacial score (nSPS) is 13.1. The quantitative estimate of drug-likeness (QED) is 0.353. The van der Waals surface area contributed by atoms with Gasteiger partial charge < -0.3 is 30.3 Å². The smallest absolute Gasteiger partial charge is 0.323 e. The van der Waals surface area contributed by atoms with Crippen molar-refractivity contribution in [2.75, 3.05) is 18.9 Å². The monoisotopic (exact) mass is 464 g/mol. The maximum Gasteiger partial charge on any atom is 0.323 e. The van der Waals surface area contributed by atoms with Gasteiger partial charge in [-0.3, -0.25) is 19.4 Å². The Morgan fingerprint density at radius 1 is 1.21 bits per heavy atom. The zero-order valence-electron chi connectivity index (χ0n) is 19.2. The molecule has 0 aromatic carbocycles. The first-order valence-electron chi connectivity index (χ1n) is 10.9. The highest BCUT2D eigenvalue weighted by molar-refractivity contribution is 5.76. The van der Waals surface area contributed by atoms with Crippen LogP contribution in [-0.2, 0) is 30.4 Å². The summed E-state index contributed by atoms with van der Waals surface area (Å²) in [6.07, 6.45) is 2.69. The number of nitrogens with two attached hydrogens (primary N) is 2. The molecule has 12 heteroatoms. The number of anilines is 1. The first-order chi connectivity index (χ1) is 15.6. The summed E-state index contributed by atoms with van der Waals surface area (Å²) >= 11 is 0. The minimum absolute atomic E-state index is 0.0100. The number of nitrogens with one attached hydrogen (secondary N) is 1. The van der Waals surface area contributed by atoms with Gasteiger partial charge in [0, 0.05) is 25.3 Å². The summed E-state index contributed by atoms with van der Waals surface area (Å²) in [6, 6.07) is -0.723. The van der Waals surface area contributed by atoms with Crippen molar-refractivity contribution in [2.45, 2.75) is 59.0 Å². The highest BCUT2D eigenvalue weighted by Crippen LogP contribution is 2.14. The molecule has 33 heavy (non-hydrogen) atoms. The maximum absolute atomic E-state index is 12.1. The lowest BCUT2D eigenvalue weighted by Gasteiger charge is -2.19. The molecule has 1 unspecified atom stereocenters. The molecular formula is C21H32N6O6. The Balaban J connectivity index is 2.05. The molecule has 0 saturated heterocycles. The van der Waals surface area contributed by atoms with E-state index in [1.54, 1.807) is 4.57 Å². The number of hydrogen-bond acceptors (Lipinski definition) is 10. The van der Waals surface area contributed by atoms with Crippen LogP contribution >= 0.6 is 0 Å². The molecule has 0 radical (unpaired) electrons. The van der Waals surface area contributed by atoms with Crippen LogP contribution in [0.15, 0.2) is 11.1 Å². The SMILES string of the molecule is CC(=O)CCCC(=O)OCC(CCOC(=O)[C@@H](N)C(C)C)Cn1cnc2c(=O)[nH]c(N)nc21. The van der Waals surface area contributed by atoms with Crippen LogP contribution in [0.3, 0.4) is 0 Å². The van der Waals surface area contributed by atoms with Crippen molar-refractivity contribution in [3.8, 4) is 0 Å². The molecule has 0 aliphatic heterocycles. The summed E-state index contributed by atoms with van der Waals surface area (Å²) in [5.41, 5.74) is 11.4. The molecule has 0 saturated carbocycles. The number of hydrogen-bond donors (Lipinski definition) is 3. The number of nitrogen functional groups attached to an aromatic ring is 1. The average Bonchev–Trinajstić information content (AvgIpc) is 3.13. The number of esters is 2. The molecular weight excluding hydrogens is 432 g/mol.